The summed E-state index contributed by atoms with van der Waals surface area (Å²) < 4.78 is 7.61. The van der Waals surface area contributed by atoms with Crippen LogP contribution in [0, 0.1) is 0 Å². The lowest BCUT2D eigenvalue weighted by molar-refractivity contribution is -0.113. The molecule has 118 valence electrons. The van der Waals surface area contributed by atoms with Gasteiger partial charge >= 0.3 is 0 Å². The van der Waals surface area contributed by atoms with E-state index in [0.717, 1.165) is 40.7 Å². The highest BCUT2D eigenvalue weighted by atomic mass is 32.2. The number of rotatable bonds is 5. The lowest BCUT2D eigenvalue weighted by atomic mass is 10.3. The molecule has 0 spiro atoms. The van der Waals surface area contributed by atoms with Crippen molar-refractivity contribution in [3.05, 3.63) is 36.5 Å². The summed E-state index contributed by atoms with van der Waals surface area (Å²) in [4.78, 5) is 20.8. The third-order valence-corrected chi connectivity index (χ3v) is 4.78. The molecule has 3 aromatic rings. The van der Waals surface area contributed by atoms with Crippen molar-refractivity contribution in [2.75, 3.05) is 11.1 Å². The summed E-state index contributed by atoms with van der Waals surface area (Å²) in [5, 5.41) is 3.71. The topological polar surface area (TPSA) is 73.0 Å². The first-order valence-electron chi connectivity index (χ1n) is 7.49. The van der Waals surface area contributed by atoms with Crippen LogP contribution < -0.4 is 5.32 Å². The lowest BCUT2D eigenvalue weighted by Crippen LogP contribution is -2.14. The first-order chi connectivity index (χ1) is 11.2. The number of nitrogens with zero attached hydrogens (tertiary/aromatic N) is 3. The molecule has 2 heterocycles. The molecule has 23 heavy (non-hydrogen) atoms. The molecule has 0 aliphatic heterocycles. The molecule has 0 unspecified atom stereocenters. The van der Waals surface area contributed by atoms with Crippen molar-refractivity contribution in [1.82, 2.24) is 14.5 Å². The quantitative estimate of drug-likeness (QED) is 0.728. The fourth-order valence-corrected chi connectivity index (χ4v) is 3.08. The predicted octanol–water partition coefficient (Wildman–Crippen LogP) is 3.17. The first-order valence-corrected chi connectivity index (χ1v) is 8.48. The fraction of sp³-hybridized carbons (Fsp3) is 0.312. The molecule has 4 rings (SSSR count). The first kappa shape index (κ1) is 14.3. The monoisotopic (exact) mass is 328 g/mol. The van der Waals surface area contributed by atoms with Gasteiger partial charge in [-0.25, -0.2) is 9.97 Å². The van der Waals surface area contributed by atoms with Gasteiger partial charge in [-0.3, -0.25) is 4.79 Å². The number of aromatic nitrogens is 3. The second-order valence-electron chi connectivity index (χ2n) is 5.67. The number of imidazole rings is 1. The Labute approximate surface area is 137 Å². The van der Waals surface area contributed by atoms with Crippen LogP contribution in [-0.4, -0.2) is 26.2 Å². The fourth-order valence-electron chi connectivity index (χ4n) is 2.35. The second-order valence-corrected chi connectivity index (χ2v) is 6.61. The Morgan fingerprint density at radius 2 is 2.35 bits per heavy atom. The van der Waals surface area contributed by atoms with Gasteiger partial charge in [0.15, 0.2) is 16.6 Å². The Morgan fingerprint density at radius 3 is 3.09 bits per heavy atom. The summed E-state index contributed by atoms with van der Waals surface area (Å²) in [5.41, 5.74) is 2.30. The van der Waals surface area contributed by atoms with Gasteiger partial charge in [-0.15, -0.1) is 0 Å². The van der Waals surface area contributed by atoms with Gasteiger partial charge in [0.05, 0.1) is 5.75 Å². The maximum Gasteiger partial charge on any atom is 0.234 e. The Morgan fingerprint density at radius 1 is 1.48 bits per heavy atom. The molecule has 1 aromatic carbocycles. The molecular formula is C16H16N4O2S. The molecular weight excluding hydrogens is 312 g/mol. The molecule has 1 N–H and O–H groups in total. The number of carbonyl (C=O) groups excluding carboxylic acids is 1. The number of nitrogens with one attached hydrogen (secondary N) is 1. The number of anilines is 1. The molecule has 1 aliphatic rings. The molecule has 1 amide bonds. The minimum absolute atomic E-state index is 0.0664. The van der Waals surface area contributed by atoms with E-state index >= 15 is 0 Å². The Balaban J connectivity index is 1.42. The van der Waals surface area contributed by atoms with Crippen molar-refractivity contribution in [2.45, 2.75) is 23.9 Å². The number of carbonyl (C=O) groups is 1. The van der Waals surface area contributed by atoms with Gasteiger partial charge in [0.1, 0.15) is 5.52 Å². The van der Waals surface area contributed by atoms with Crippen LogP contribution >= 0.6 is 11.8 Å². The molecule has 0 radical (unpaired) electrons. The van der Waals surface area contributed by atoms with E-state index in [2.05, 4.69) is 15.3 Å². The molecule has 0 atom stereocenters. The van der Waals surface area contributed by atoms with Crippen molar-refractivity contribution >= 4 is 34.5 Å². The Bertz CT molecular complexity index is 866. The minimum atomic E-state index is -0.0664. The van der Waals surface area contributed by atoms with Crippen LogP contribution in [0.5, 0.6) is 0 Å². The van der Waals surface area contributed by atoms with E-state index in [1.54, 1.807) is 6.20 Å². The number of amides is 1. The highest BCUT2D eigenvalue weighted by molar-refractivity contribution is 7.99. The number of benzene rings is 1. The van der Waals surface area contributed by atoms with Crippen LogP contribution in [0.15, 0.2) is 40.2 Å². The summed E-state index contributed by atoms with van der Waals surface area (Å²) in [6, 6.07) is 5.55. The lowest BCUT2D eigenvalue weighted by Gasteiger charge is -2.04. The van der Waals surface area contributed by atoms with Gasteiger partial charge in [0.25, 0.3) is 0 Å². The molecule has 6 nitrogen and oxygen atoms in total. The van der Waals surface area contributed by atoms with E-state index < -0.39 is 0 Å². The van der Waals surface area contributed by atoms with Crippen LogP contribution in [-0.2, 0) is 11.8 Å². The largest absolute Gasteiger partial charge is 0.440 e. The maximum atomic E-state index is 12.1. The Kier molecular flexibility index (Phi) is 3.57. The average Bonchev–Trinajstić information content (AvgIpc) is 3.17. The second kappa shape index (κ2) is 5.73. The van der Waals surface area contributed by atoms with Crippen LogP contribution in [0.3, 0.4) is 0 Å². The summed E-state index contributed by atoms with van der Waals surface area (Å²) in [7, 11) is 1.91. The molecule has 0 saturated heterocycles. The summed E-state index contributed by atoms with van der Waals surface area (Å²) in [6.45, 7) is 0. The average molecular weight is 328 g/mol. The Hall–Kier alpha value is -2.28. The number of fused-ring (bicyclic) bond motifs is 1. The van der Waals surface area contributed by atoms with Crippen molar-refractivity contribution in [2.24, 2.45) is 7.05 Å². The minimum Gasteiger partial charge on any atom is -0.440 e. The zero-order valence-corrected chi connectivity index (χ0v) is 13.5. The van der Waals surface area contributed by atoms with Crippen molar-refractivity contribution < 1.29 is 9.21 Å². The van der Waals surface area contributed by atoms with Gasteiger partial charge in [-0.1, -0.05) is 11.8 Å². The number of aryl methyl sites for hydroxylation is 1. The third kappa shape index (κ3) is 3.10. The van der Waals surface area contributed by atoms with Crippen LogP contribution in [0.4, 0.5) is 5.69 Å². The van der Waals surface area contributed by atoms with E-state index in [1.807, 2.05) is 36.0 Å². The van der Waals surface area contributed by atoms with Gasteiger partial charge in [0.2, 0.25) is 5.91 Å². The van der Waals surface area contributed by atoms with Gasteiger partial charge in [-0.05, 0) is 31.0 Å². The smallest absolute Gasteiger partial charge is 0.234 e. The summed E-state index contributed by atoms with van der Waals surface area (Å²) >= 11 is 1.41. The van der Waals surface area contributed by atoms with Crippen LogP contribution in [0.2, 0.25) is 0 Å². The van der Waals surface area contributed by atoms with E-state index in [4.69, 9.17) is 4.42 Å². The van der Waals surface area contributed by atoms with Crippen LogP contribution in [0.25, 0.3) is 11.1 Å². The number of hydrogen-bond acceptors (Lipinski definition) is 5. The molecule has 1 saturated carbocycles. The molecule has 0 bridgehead atoms. The molecule has 1 aliphatic carbocycles. The number of thioether (sulfide) groups is 1. The standard InChI is InChI=1S/C16H16N4O2S/c1-20-7-6-17-16(20)23-9-14(21)18-11-4-5-13-12(8-11)19-15(22-13)10-2-3-10/h4-8,10H,2-3,9H2,1H3,(H,18,21). The summed E-state index contributed by atoms with van der Waals surface area (Å²) in [6.07, 6.45) is 5.88. The van der Waals surface area contributed by atoms with Gasteiger partial charge in [-0.2, -0.15) is 0 Å². The zero-order valence-electron chi connectivity index (χ0n) is 12.7. The van der Waals surface area contributed by atoms with E-state index in [1.165, 1.54) is 11.8 Å². The number of oxazole rings is 1. The van der Waals surface area contributed by atoms with Gasteiger partial charge < -0.3 is 14.3 Å². The van der Waals surface area contributed by atoms with E-state index in [-0.39, 0.29) is 5.91 Å². The normalized spacial score (nSPS) is 14.3. The van der Waals surface area contributed by atoms with Crippen molar-refractivity contribution in [1.29, 1.82) is 0 Å². The van der Waals surface area contributed by atoms with Crippen molar-refractivity contribution in [3.63, 3.8) is 0 Å². The van der Waals surface area contributed by atoms with E-state index in [0.29, 0.717) is 11.7 Å². The molecule has 7 heteroatoms. The zero-order chi connectivity index (χ0) is 15.8. The highest BCUT2D eigenvalue weighted by Crippen LogP contribution is 2.40. The maximum absolute atomic E-state index is 12.1. The third-order valence-electron chi connectivity index (χ3n) is 3.72. The van der Waals surface area contributed by atoms with Crippen LogP contribution in [0.1, 0.15) is 24.7 Å². The highest BCUT2D eigenvalue weighted by Gasteiger charge is 2.28. The molecule has 1 fully saturated rings. The van der Waals surface area contributed by atoms with Gasteiger partial charge in [0, 0.05) is 31.0 Å². The van der Waals surface area contributed by atoms with E-state index in [9.17, 15) is 4.79 Å². The summed E-state index contributed by atoms with van der Waals surface area (Å²) in [5.74, 6) is 1.54. The molecule has 2 aromatic heterocycles. The SMILES string of the molecule is Cn1ccnc1SCC(=O)Nc1ccc2oc(C3CC3)nc2c1. The van der Waals surface area contributed by atoms with Crippen molar-refractivity contribution in [3.8, 4) is 0 Å². The predicted molar refractivity (Wildman–Crippen MR) is 88.5 cm³/mol. The number of hydrogen-bond donors (Lipinski definition) is 1.